The van der Waals surface area contributed by atoms with Gasteiger partial charge in [-0.1, -0.05) is 85.3 Å². The van der Waals surface area contributed by atoms with E-state index in [1.54, 1.807) is 6.08 Å². The number of aliphatic carboxylic acids is 1. The van der Waals surface area contributed by atoms with Crippen molar-refractivity contribution in [2.24, 2.45) is 5.92 Å². The summed E-state index contributed by atoms with van der Waals surface area (Å²) in [6, 6.07) is 31.7. The lowest BCUT2D eigenvalue weighted by atomic mass is 9.73. The molecule has 5 rings (SSSR count). The van der Waals surface area contributed by atoms with Gasteiger partial charge in [0.25, 0.3) is 0 Å². The highest BCUT2D eigenvalue weighted by atomic mass is 16.4. The van der Waals surface area contributed by atoms with Crippen LogP contribution >= 0.6 is 0 Å². The van der Waals surface area contributed by atoms with E-state index in [1.165, 1.54) is 47.6 Å². The number of rotatable bonds is 7. The predicted octanol–water partition coefficient (Wildman–Crippen LogP) is 7.61. The summed E-state index contributed by atoms with van der Waals surface area (Å²) >= 11 is 0. The van der Waals surface area contributed by atoms with Gasteiger partial charge in [-0.25, -0.2) is 4.79 Å². The third kappa shape index (κ3) is 5.15. The Labute approximate surface area is 206 Å². The smallest absolute Gasteiger partial charge is 0.328 e. The van der Waals surface area contributed by atoms with Gasteiger partial charge in [-0.2, -0.15) is 0 Å². The van der Waals surface area contributed by atoms with Crippen molar-refractivity contribution in [2.45, 2.75) is 19.3 Å². The van der Waals surface area contributed by atoms with E-state index in [0.717, 1.165) is 22.3 Å². The largest absolute Gasteiger partial charge is 0.478 e. The summed E-state index contributed by atoms with van der Waals surface area (Å²) in [5.74, 6) is -0.417. The van der Waals surface area contributed by atoms with Gasteiger partial charge in [-0.15, -0.1) is 0 Å². The molecule has 35 heavy (non-hydrogen) atoms. The van der Waals surface area contributed by atoms with Crippen LogP contribution in [0.2, 0.25) is 0 Å². The fraction of sp³-hybridized carbons (Fsp3) is 0.125. The van der Waals surface area contributed by atoms with E-state index in [2.05, 4.69) is 71.7 Å². The van der Waals surface area contributed by atoms with Gasteiger partial charge >= 0.3 is 5.97 Å². The molecule has 3 aromatic carbocycles. The standard InChI is InChI=1S/C32H27NO2/c34-30(35)18-11-23-9-12-28(13-10-23)32(31(27-7-4-8-27)26-5-2-1-3-6-26)29-16-14-24(15-17-29)25-19-21-33-22-20-25/h1-3,5-6,9-22,27H,4,7-8H2,(H,34,35)/b18-11+,32-31-. The van der Waals surface area contributed by atoms with Crippen molar-refractivity contribution in [2.75, 3.05) is 0 Å². The highest BCUT2D eigenvalue weighted by Crippen LogP contribution is 2.45. The third-order valence-corrected chi connectivity index (χ3v) is 6.67. The number of benzene rings is 3. The molecule has 1 saturated carbocycles. The summed E-state index contributed by atoms with van der Waals surface area (Å²) in [5.41, 5.74) is 9.40. The minimum Gasteiger partial charge on any atom is -0.478 e. The second-order valence-corrected chi connectivity index (χ2v) is 8.89. The number of carboxylic acid groups (broad SMARTS) is 1. The average Bonchev–Trinajstić information content (AvgIpc) is 2.88. The van der Waals surface area contributed by atoms with Crippen LogP contribution in [0.4, 0.5) is 0 Å². The van der Waals surface area contributed by atoms with Crippen LogP contribution in [0.3, 0.4) is 0 Å². The molecule has 4 aromatic rings. The maximum atomic E-state index is 10.9. The van der Waals surface area contributed by atoms with Crippen molar-refractivity contribution in [1.29, 1.82) is 0 Å². The van der Waals surface area contributed by atoms with E-state index in [4.69, 9.17) is 5.11 Å². The van der Waals surface area contributed by atoms with Crippen LogP contribution in [0.1, 0.15) is 41.5 Å². The zero-order valence-electron chi connectivity index (χ0n) is 19.5. The Morgan fingerprint density at radius 3 is 1.91 bits per heavy atom. The van der Waals surface area contributed by atoms with Gasteiger partial charge < -0.3 is 5.11 Å². The van der Waals surface area contributed by atoms with Crippen LogP contribution in [0.15, 0.2) is 109 Å². The van der Waals surface area contributed by atoms with E-state index in [-0.39, 0.29) is 0 Å². The van der Waals surface area contributed by atoms with Gasteiger partial charge in [0.1, 0.15) is 0 Å². The number of hydrogen-bond acceptors (Lipinski definition) is 2. The summed E-state index contributed by atoms with van der Waals surface area (Å²) in [5, 5.41) is 8.97. The van der Waals surface area contributed by atoms with Crippen molar-refractivity contribution in [3.05, 3.63) is 132 Å². The molecule has 1 fully saturated rings. The number of nitrogens with zero attached hydrogens (tertiary/aromatic N) is 1. The normalized spacial score (nSPS) is 14.4. The first kappa shape index (κ1) is 22.5. The zero-order valence-corrected chi connectivity index (χ0v) is 19.5. The average molecular weight is 458 g/mol. The number of allylic oxidation sites excluding steroid dienone is 1. The first-order valence-corrected chi connectivity index (χ1v) is 12.0. The summed E-state index contributed by atoms with van der Waals surface area (Å²) < 4.78 is 0. The van der Waals surface area contributed by atoms with Crippen molar-refractivity contribution >= 4 is 23.2 Å². The molecule has 0 amide bonds. The molecule has 3 nitrogen and oxygen atoms in total. The Bertz CT molecular complexity index is 1350. The maximum absolute atomic E-state index is 10.9. The molecule has 1 aliphatic rings. The number of hydrogen-bond donors (Lipinski definition) is 1. The fourth-order valence-electron chi connectivity index (χ4n) is 4.68. The van der Waals surface area contributed by atoms with Crippen LogP contribution in [-0.4, -0.2) is 16.1 Å². The summed E-state index contributed by atoms with van der Waals surface area (Å²) in [4.78, 5) is 15.1. The Morgan fingerprint density at radius 1 is 0.743 bits per heavy atom. The molecule has 1 aromatic heterocycles. The quantitative estimate of drug-likeness (QED) is 0.230. The van der Waals surface area contributed by atoms with Crippen LogP contribution in [0, 0.1) is 5.92 Å². The zero-order chi connectivity index (χ0) is 24.0. The van der Waals surface area contributed by atoms with Crippen molar-refractivity contribution in [1.82, 2.24) is 4.98 Å². The van der Waals surface area contributed by atoms with E-state index < -0.39 is 5.97 Å². The molecule has 0 bridgehead atoms. The summed E-state index contributed by atoms with van der Waals surface area (Å²) in [6.07, 6.45) is 10.1. The van der Waals surface area contributed by atoms with Crippen molar-refractivity contribution in [3.8, 4) is 11.1 Å². The first-order valence-electron chi connectivity index (χ1n) is 12.0. The second kappa shape index (κ2) is 10.4. The number of aromatic nitrogens is 1. The van der Waals surface area contributed by atoms with E-state index in [9.17, 15) is 4.79 Å². The topological polar surface area (TPSA) is 50.2 Å². The lowest BCUT2D eigenvalue weighted by Gasteiger charge is -2.31. The molecule has 0 saturated heterocycles. The monoisotopic (exact) mass is 457 g/mol. The first-order chi connectivity index (χ1) is 17.2. The fourth-order valence-corrected chi connectivity index (χ4v) is 4.68. The Morgan fingerprint density at radius 2 is 1.34 bits per heavy atom. The lowest BCUT2D eigenvalue weighted by Crippen LogP contribution is -2.15. The molecule has 3 heteroatoms. The number of carbonyl (C=O) groups is 1. The maximum Gasteiger partial charge on any atom is 0.328 e. The molecule has 0 atom stereocenters. The summed E-state index contributed by atoms with van der Waals surface area (Å²) in [6.45, 7) is 0. The molecule has 1 aliphatic carbocycles. The van der Waals surface area contributed by atoms with Crippen LogP contribution in [0.25, 0.3) is 28.3 Å². The minimum atomic E-state index is -0.944. The van der Waals surface area contributed by atoms with Crippen molar-refractivity contribution in [3.63, 3.8) is 0 Å². The van der Waals surface area contributed by atoms with E-state index >= 15 is 0 Å². The Balaban J connectivity index is 1.64. The second-order valence-electron chi connectivity index (χ2n) is 8.89. The van der Waals surface area contributed by atoms with Gasteiger partial charge in [0.2, 0.25) is 0 Å². The lowest BCUT2D eigenvalue weighted by molar-refractivity contribution is -0.131. The van der Waals surface area contributed by atoms with Crippen LogP contribution in [0.5, 0.6) is 0 Å². The van der Waals surface area contributed by atoms with Gasteiger partial charge in [-0.3, -0.25) is 4.98 Å². The highest BCUT2D eigenvalue weighted by Gasteiger charge is 2.27. The predicted molar refractivity (Wildman–Crippen MR) is 142 cm³/mol. The van der Waals surface area contributed by atoms with Gasteiger partial charge in [-0.05, 0) is 81.5 Å². The SMILES string of the molecule is O=C(O)/C=C/c1ccc(/C(=C(\c2ccccc2)C2CCC2)c2ccc(-c3ccncc3)cc2)cc1. The van der Waals surface area contributed by atoms with Crippen molar-refractivity contribution < 1.29 is 9.90 Å². The molecular formula is C32H27NO2. The Hall–Kier alpha value is -4.24. The Kier molecular flexibility index (Phi) is 6.67. The van der Waals surface area contributed by atoms with E-state index in [0.29, 0.717) is 5.92 Å². The molecule has 0 unspecified atom stereocenters. The van der Waals surface area contributed by atoms with Crippen LogP contribution < -0.4 is 0 Å². The molecule has 1 N–H and O–H groups in total. The molecule has 172 valence electrons. The molecule has 0 radical (unpaired) electrons. The van der Waals surface area contributed by atoms with Gasteiger partial charge in [0, 0.05) is 18.5 Å². The van der Waals surface area contributed by atoms with Crippen LogP contribution in [-0.2, 0) is 4.79 Å². The highest BCUT2D eigenvalue weighted by molar-refractivity contribution is 6.00. The van der Waals surface area contributed by atoms with Gasteiger partial charge in [0.05, 0.1) is 0 Å². The molecule has 1 heterocycles. The number of pyridine rings is 1. The summed E-state index contributed by atoms with van der Waals surface area (Å²) in [7, 11) is 0. The van der Waals surface area contributed by atoms with E-state index in [1.807, 2.05) is 36.7 Å². The third-order valence-electron chi connectivity index (χ3n) is 6.67. The molecular weight excluding hydrogens is 430 g/mol. The molecule has 0 spiro atoms. The number of carboxylic acids is 1. The molecule has 0 aliphatic heterocycles. The van der Waals surface area contributed by atoms with Gasteiger partial charge in [0.15, 0.2) is 0 Å². The minimum absolute atomic E-state index is 0.527.